The Hall–Kier alpha value is -1.72. The SMILES string of the molecule is Oc1ccccc1N1CCN(CCOc2ccc(Br)cc2)CC1. The van der Waals surface area contributed by atoms with Crippen molar-refractivity contribution in [1.29, 1.82) is 0 Å². The molecule has 2 aromatic carbocycles. The first-order valence-corrected chi connectivity index (χ1v) is 8.65. The fraction of sp³-hybridized carbons (Fsp3) is 0.333. The Morgan fingerprint density at radius 2 is 1.65 bits per heavy atom. The summed E-state index contributed by atoms with van der Waals surface area (Å²) in [6, 6.07) is 15.5. The molecule has 23 heavy (non-hydrogen) atoms. The lowest BCUT2D eigenvalue weighted by atomic mass is 10.2. The van der Waals surface area contributed by atoms with Crippen LogP contribution >= 0.6 is 15.9 Å². The minimum absolute atomic E-state index is 0.361. The van der Waals surface area contributed by atoms with Crippen LogP contribution in [-0.4, -0.2) is 49.3 Å². The summed E-state index contributed by atoms with van der Waals surface area (Å²) in [4.78, 5) is 4.64. The van der Waals surface area contributed by atoms with E-state index in [0.29, 0.717) is 12.4 Å². The molecule has 0 spiro atoms. The van der Waals surface area contributed by atoms with Crippen molar-refractivity contribution in [2.45, 2.75) is 0 Å². The molecule has 4 nitrogen and oxygen atoms in total. The molecule has 0 bridgehead atoms. The largest absolute Gasteiger partial charge is 0.506 e. The minimum atomic E-state index is 0.361. The molecule has 1 fully saturated rings. The number of nitrogens with zero attached hydrogens (tertiary/aromatic N) is 2. The number of ether oxygens (including phenoxy) is 1. The molecule has 5 heteroatoms. The highest BCUT2D eigenvalue weighted by Gasteiger charge is 2.18. The van der Waals surface area contributed by atoms with Crippen LogP contribution < -0.4 is 9.64 Å². The van der Waals surface area contributed by atoms with Gasteiger partial charge in [0.1, 0.15) is 18.1 Å². The van der Waals surface area contributed by atoms with Gasteiger partial charge in [0.05, 0.1) is 5.69 Å². The number of halogens is 1. The zero-order chi connectivity index (χ0) is 16.1. The van der Waals surface area contributed by atoms with Gasteiger partial charge in [0.25, 0.3) is 0 Å². The zero-order valence-corrected chi connectivity index (χ0v) is 14.6. The fourth-order valence-electron chi connectivity index (χ4n) is 2.77. The molecule has 0 aromatic heterocycles. The van der Waals surface area contributed by atoms with Crippen LogP contribution in [0, 0.1) is 0 Å². The van der Waals surface area contributed by atoms with Crippen LogP contribution in [0.25, 0.3) is 0 Å². The van der Waals surface area contributed by atoms with Gasteiger partial charge >= 0.3 is 0 Å². The van der Waals surface area contributed by atoms with Crippen LogP contribution in [0.5, 0.6) is 11.5 Å². The van der Waals surface area contributed by atoms with E-state index in [9.17, 15) is 5.11 Å². The fourth-order valence-corrected chi connectivity index (χ4v) is 3.03. The average Bonchev–Trinajstić information content (AvgIpc) is 2.58. The molecule has 1 N–H and O–H groups in total. The summed E-state index contributed by atoms with van der Waals surface area (Å²) in [7, 11) is 0. The highest BCUT2D eigenvalue weighted by molar-refractivity contribution is 9.10. The van der Waals surface area contributed by atoms with Crippen molar-refractivity contribution in [2.24, 2.45) is 0 Å². The quantitative estimate of drug-likeness (QED) is 0.867. The van der Waals surface area contributed by atoms with E-state index in [1.54, 1.807) is 6.07 Å². The Labute approximate surface area is 145 Å². The number of phenolic OH excluding ortho intramolecular Hbond substituents is 1. The number of hydrogen-bond donors (Lipinski definition) is 1. The van der Waals surface area contributed by atoms with E-state index in [4.69, 9.17) is 4.74 Å². The molecule has 0 radical (unpaired) electrons. The molecule has 1 aliphatic rings. The number of rotatable bonds is 5. The predicted octanol–water partition coefficient (Wildman–Crippen LogP) is 3.36. The highest BCUT2D eigenvalue weighted by atomic mass is 79.9. The van der Waals surface area contributed by atoms with E-state index in [-0.39, 0.29) is 0 Å². The normalized spacial score (nSPS) is 15.6. The molecule has 0 saturated carbocycles. The van der Waals surface area contributed by atoms with Crippen LogP contribution in [0.4, 0.5) is 5.69 Å². The van der Waals surface area contributed by atoms with Gasteiger partial charge in [0.15, 0.2) is 0 Å². The number of hydrogen-bond acceptors (Lipinski definition) is 4. The van der Waals surface area contributed by atoms with Crippen molar-refractivity contribution in [3.63, 3.8) is 0 Å². The van der Waals surface area contributed by atoms with Crippen molar-refractivity contribution in [3.05, 3.63) is 53.0 Å². The van der Waals surface area contributed by atoms with Crippen molar-refractivity contribution < 1.29 is 9.84 Å². The molecule has 1 saturated heterocycles. The van der Waals surface area contributed by atoms with Gasteiger partial charge in [-0.25, -0.2) is 0 Å². The zero-order valence-electron chi connectivity index (χ0n) is 13.0. The van der Waals surface area contributed by atoms with Crippen LogP contribution in [-0.2, 0) is 0 Å². The monoisotopic (exact) mass is 376 g/mol. The van der Waals surface area contributed by atoms with Gasteiger partial charge in [-0.15, -0.1) is 0 Å². The maximum Gasteiger partial charge on any atom is 0.138 e. The Bertz CT molecular complexity index is 625. The number of phenols is 1. The van der Waals surface area contributed by atoms with Gasteiger partial charge < -0.3 is 14.7 Å². The summed E-state index contributed by atoms with van der Waals surface area (Å²) < 4.78 is 6.84. The molecule has 3 rings (SSSR count). The molecule has 0 unspecified atom stereocenters. The van der Waals surface area contributed by atoms with Crippen molar-refractivity contribution in [3.8, 4) is 11.5 Å². The number of aromatic hydroxyl groups is 1. The third kappa shape index (κ3) is 4.39. The van der Waals surface area contributed by atoms with Crippen LogP contribution in [0.15, 0.2) is 53.0 Å². The van der Waals surface area contributed by atoms with Gasteiger partial charge in [0, 0.05) is 37.2 Å². The number of piperazine rings is 1. The first kappa shape index (κ1) is 16.1. The van der Waals surface area contributed by atoms with E-state index >= 15 is 0 Å². The Balaban J connectivity index is 1.43. The summed E-state index contributed by atoms with van der Waals surface area (Å²) in [5, 5.41) is 9.94. The predicted molar refractivity (Wildman–Crippen MR) is 96.4 cm³/mol. The molecule has 122 valence electrons. The van der Waals surface area contributed by atoms with Crippen LogP contribution in [0.1, 0.15) is 0 Å². The maximum absolute atomic E-state index is 9.94. The van der Waals surface area contributed by atoms with E-state index in [0.717, 1.165) is 48.6 Å². The lowest BCUT2D eigenvalue weighted by Crippen LogP contribution is -2.47. The Morgan fingerprint density at radius 1 is 0.957 bits per heavy atom. The number of anilines is 1. The van der Waals surface area contributed by atoms with Crippen LogP contribution in [0.3, 0.4) is 0 Å². The Kier molecular flexibility index (Phi) is 5.41. The van der Waals surface area contributed by atoms with Gasteiger partial charge in [-0.3, -0.25) is 4.90 Å². The van der Waals surface area contributed by atoms with E-state index < -0.39 is 0 Å². The molecule has 0 amide bonds. The first-order chi connectivity index (χ1) is 11.2. The summed E-state index contributed by atoms with van der Waals surface area (Å²) in [6.07, 6.45) is 0. The third-order valence-corrected chi connectivity index (χ3v) is 4.61. The van der Waals surface area contributed by atoms with Gasteiger partial charge in [0.2, 0.25) is 0 Å². The first-order valence-electron chi connectivity index (χ1n) is 7.86. The summed E-state index contributed by atoms with van der Waals surface area (Å²) in [6.45, 7) is 5.44. The smallest absolute Gasteiger partial charge is 0.138 e. The van der Waals surface area contributed by atoms with Gasteiger partial charge in [-0.2, -0.15) is 0 Å². The van der Waals surface area contributed by atoms with Crippen molar-refractivity contribution in [1.82, 2.24) is 4.90 Å². The molecular formula is C18H21BrN2O2. The minimum Gasteiger partial charge on any atom is -0.506 e. The molecule has 0 aliphatic carbocycles. The van der Waals surface area contributed by atoms with E-state index in [2.05, 4.69) is 25.7 Å². The summed E-state index contributed by atoms with van der Waals surface area (Å²) in [5.41, 5.74) is 0.929. The standard InChI is InChI=1S/C18H21BrN2O2/c19-15-5-7-16(8-6-15)23-14-13-20-9-11-21(12-10-20)17-3-1-2-4-18(17)22/h1-8,22H,9-14H2. The molecular weight excluding hydrogens is 356 g/mol. The topological polar surface area (TPSA) is 35.9 Å². The van der Waals surface area contributed by atoms with E-state index in [1.165, 1.54) is 0 Å². The number of para-hydroxylation sites is 2. The Morgan fingerprint density at radius 3 is 2.35 bits per heavy atom. The van der Waals surface area contributed by atoms with Crippen molar-refractivity contribution >= 4 is 21.6 Å². The second kappa shape index (κ2) is 7.70. The lowest BCUT2D eigenvalue weighted by Gasteiger charge is -2.36. The lowest BCUT2D eigenvalue weighted by molar-refractivity contribution is 0.200. The molecule has 2 aromatic rings. The summed E-state index contributed by atoms with van der Waals surface area (Å²) in [5.74, 6) is 1.26. The molecule has 1 aliphatic heterocycles. The van der Waals surface area contributed by atoms with Gasteiger partial charge in [-0.1, -0.05) is 28.1 Å². The second-order valence-electron chi connectivity index (χ2n) is 5.62. The van der Waals surface area contributed by atoms with Crippen LogP contribution in [0.2, 0.25) is 0 Å². The number of benzene rings is 2. The molecule has 0 atom stereocenters. The molecule has 1 heterocycles. The highest BCUT2D eigenvalue weighted by Crippen LogP contribution is 2.27. The average molecular weight is 377 g/mol. The van der Waals surface area contributed by atoms with Crippen molar-refractivity contribution in [2.75, 3.05) is 44.2 Å². The van der Waals surface area contributed by atoms with Gasteiger partial charge in [-0.05, 0) is 36.4 Å². The second-order valence-corrected chi connectivity index (χ2v) is 6.54. The van der Waals surface area contributed by atoms with E-state index in [1.807, 2.05) is 42.5 Å². The maximum atomic E-state index is 9.94. The summed E-state index contributed by atoms with van der Waals surface area (Å²) >= 11 is 3.42. The third-order valence-electron chi connectivity index (χ3n) is 4.08.